The summed E-state index contributed by atoms with van der Waals surface area (Å²) in [4.78, 5) is 29.9. The molecular weight excluding hydrogens is 314 g/mol. The molecule has 3 rings (SSSR count). The number of amides is 1. The third-order valence-corrected chi connectivity index (χ3v) is 5.13. The Labute approximate surface area is 148 Å². The molecule has 2 heterocycles. The largest absolute Gasteiger partial charge is 0.349 e. The van der Waals surface area contributed by atoms with Crippen molar-refractivity contribution in [1.29, 1.82) is 0 Å². The number of aryl methyl sites for hydroxylation is 1. The fourth-order valence-electron chi connectivity index (χ4n) is 4.38. The predicted molar refractivity (Wildman–Crippen MR) is 99.7 cm³/mol. The van der Waals surface area contributed by atoms with Gasteiger partial charge in [-0.1, -0.05) is 20.8 Å². The van der Waals surface area contributed by atoms with Crippen molar-refractivity contribution in [3.8, 4) is 0 Å². The zero-order chi connectivity index (χ0) is 18.2. The van der Waals surface area contributed by atoms with Gasteiger partial charge in [-0.25, -0.2) is 4.98 Å². The second kappa shape index (κ2) is 6.62. The zero-order valence-electron chi connectivity index (χ0n) is 15.5. The number of nitrogens with zero attached hydrogens (tertiary/aromatic N) is 2. The van der Waals surface area contributed by atoms with Crippen LogP contribution >= 0.6 is 0 Å². The second-order valence-electron chi connectivity index (χ2n) is 8.11. The Morgan fingerprint density at radius 2 is 2.16 bits per heavy atom. The van der Waals surface area contributed by atoms with Crippen LogP contribution in [0.15, 0.2) is 29.2 Å². The first kappa shape index (κ1) is 17.6. The molecule has 0 aromatic carbocycles. The molecule has 2 atom stereocenters. The minimum absolute atomic E-state index is 0.116. The van der Waals surface area contributed by atoms with Crippen LogP contribution in [0.25, 0.3) is 11.0 Å². The summed E-state index contributed by atoms with van der Waals surface area (Å²) in [6.07, 6.45) is 4.75. The fraction of sp³-hybridized carbons (Fsp3) is 0.550. The van der Waals surface area contributed by atoms with Crippen molar-refractivity contribution < 1.29 is 4.79 Å². The summed E-state index contributed by atoms with van der Waals surface area (Å²) >= 11 is 0. The van der Waals surface area contributed by atoms with Gasteiger partial charge in [0.1, 0.15) is 11.2 Å². The highest BCUT2D eigenvalue weighted by Crippen LogP contribution is 2.38. The topological polar surface area (TPSA) is 64.0 Å². The van der Waals surface area contributed by atoms with Crippen LogP contribution in [-0.4, -0.2) is 21.5 Å². The van der Waals surface area contributed by atoms with Crippen molar-refractivity contribution >= 4 is 16.9 Å². The van der Waals surface area contributed by atoms with Crippen molar-refractivity contribution in [2.75, 3.05) is 0 Å². The lowest BCUT2D eigenvalue weighted by atomic mass is 9.70. The van der Waals surface area contributed by atoms with Gasteiger partial charge in [-0.3, -0.25) is 14.2 Å². The van der Waals surface area contributed by atoms with Gasteiger partial charge >= 0.3 is 0 Å². The molecule has 2 aromatic rings. The lowest BCUT2D eigenvalue weighted by Crippen LogP contribution is -2.44. The minimum atomic E-state index is -0.271. The molecule has 0 bridgehead atoms. The van der Waals surface area contributed by atoms with E-state index in [1.807, 2.05) is 19.1 Å². The number of hydrogen-bond acceptors (Lipinski definition) is 3. The Kier molecular flexibility index (Phi) is 4.67. The Morgan fingerprint density at radius 1 is 1.40 bits per heavy atom. The average Bonchev–Trinajstić information content (AvgIpc) is 2.52. The van der Waals surface area contributed by atoms with E-state index < -0.39 is 0 Å². The van der Waals surface area contributed by atoms with E-state index in [2.05, 4.69) is 31.1 Å². The molecule has 0 spiro atoms. The first-order chi connectivity index (χ1) is 11.8. The molecule has 5 nitrogen and oxygen atoms in total. The van der Waals surface area contributed by atoms with Gasteiger partial charge in [0.2, 0.25) is 0 Å². The maximum Gasteiger partial charge on any atom is 0.265 e. The van der Waals surface area contributed by atoms with Crippen molar-refractivity contribution in [3.63, 3.8) is 0 Å². The molecule has 1 saturated carbocycles. The number of aromatic nitrogens is 2. The standard InChI is InChI=1S/C20H27N3O2/c1-5-23-17-14(7-6-8-21-17)10-16(19(23)25)18(24)22-15-9-13(2)11-20(3,4)12-15/h6-8,10,13,15H,5,9,11-12H2,1-4H3,(H,22,24)/t13-,15+/m0/s1. The van der Waals surface area contributed by atoms with E-state index in [0.29, 0.717) is 18.1 Å². The van der Waals surface area contributed by atoms with Crippen molar-refractivity contribution in [2.45, 2.75) is 59.5 Å². The van der Waals surface area contributed by atoms with Crippen LogP contribution in [0.5, 0.6) is 0 Å². The van der Waals surface area contributed by atoms with Gasteiger partial charge in [0.25, 0.3) is 11.5 Å². The normalized spacial score (nSPS) is 22.7. The van der Waals surface area contributed by atoms with E-state index in [1.165, 1.54) is 6.42 Å². The van der Waals surface area contributed by atoms with Gasteiger partial charge < -0.3 is 5.32 Å². The summed E-state index contributed by atoms with van der Waals surface area (Å²) < 4.78 is 1.57. The molecule has 2 aromatic heterocycles. The molecule has 1 aliphatic carbocycles. The van der Waals surface area contributed by atoms with Crippen LogP contribution < -0.4 is 10.9 Å². The number of hydrogen-bond donors (Lipinski definition) is 1. The van der Waals surface area contributed by atoms with Crippen LogP contribution in [0.4, 0.5) is 0 Å². The third kappa shape index (κ3) is 3.60. The van der Waals surface area contributed by atoms with Gasteiger partial charge in [0.15, 0.2) is 0 Å². The quantitative estimate of drug-likeness (QED) is 0.931. The number of carbonyl (C=O) groups is 1. The maximum absolute atomic E-state index is 12.8. The molecule has 5 heteroatoms. The summed E-state index contributed by atoms with van der Waals surface area (Å²) in [6, 6.07) is 5.49. The van der Waals surface area contributed by atoms with E-state index in [1.54, 1.807) is 16.8 Å². The maximum atomic E-state index is 12.8. The molecule has 1 aliphatic rings. The Morgan fingerprint density at radius 3 is 2.84 bits per heavy atom. The van der Waals surface area contributed by atoms with Crippen LogP contribution in [0.2, 0.25) is 0 Å². The first-order valence-electron chi connectivity index (χ1n) is 9.10. The van der Waals surface area contributed by atoms with E-state index in [0.717, 1.165) is 18.2 Å². The Bertz CT molecular complexity index is 854. The SMILES string of the molecule is CCn1c(=O)c(C(=O)N[C@@H]2C[C@H](C)CC(C)(C)C2)cc2cccnc21. The van der Waals surface area contributed by atoms with Crippen molar-refractivity contribution in [2.24, 2.45) is 11.3 Å². The van der Waals surface area contributed by atoms with Crippen LogP contribution in [-0.2, 0) is 6.54 Å². The van der Waals surface area contributed by atoms with E-state index in [9.17, 15) is 9.59 Å². The van der Waals surface area contributed by atoms with Crippen LogP contribution in [0.1, 0.15) is 57.3 Å². The zero-order valence-corrected chi connectivity index (χ0v) is 15.5. The lowest BCUT2D eigenvalue weighted by Gasteiger charge is -2.39. The highest BCUT2D eigenvalue weighted by atomic mass is 16.2. The molecular formula is C20H27N3O2. The van der Waals surface area contributed by atoms with Crippen LogP contribution in [0, 0.1) is 11.3 Å². The van der Waals surface area contributed by atoms with Crippen LogP contribution in [0.3, 0.4) is 0 Å². The van der Waals surface area contributed by atoms with E-state index in [-0.39, 0.29) is 28.5 Å². The van der Waals surface area contributed by atoms with Gasteiger partial charge in [0, 0.05) is 24.2 Å². The van der Waals surface area contributed by atoms with Gasteiger partial charge in [-0.15, -0.1) is 0 Å². The smallest absolute Gasteiger partial charge is 0.265 e. The number of carbonyl (C=O) groups excluding carboxylic acids is 1. The molecule has 0 aliphatic heterocycles. The number of fused-ring (bicyclic) bond motifs is 1. The molecule has 25 heavy (non-hydrogen) atoms. The number of rotatable bonds is 3. The van der Waals surface area contributed by atoms with Gasteiger partial charge in [-0.05, 0) is 55.7 Å². The number of pyridine rings is 2. The Balaban J connectivity index is 1.92. The molecule has 0 saturated heterocycles. The van der Waals surface area contributed by atoms with E-state index in [4.69, 9.17) is 0 Å². The summed E-state index contributed by atoms with van der Waals surface area (Å²) in [5.74, 6) is 0.301. The summed E-state index contributed by atoms with van der Waals surface area (Å²) in [5, 5.41) is 3.92. The van der Waals surface area contributed by atoms with E-state index >= 15 is 0 Å². The summed E-state index contributed by atoms with van der Waals surface area (Å²) in [7, 11) is 0. The Hall–Kier alpha value is -2.17. The average molecular weight is 341 g/mol. The highest BCUT2D eigenvalue weighted by molar-refractivity contribution is 5.97. The fourth-order valence-corrected chi connectivity index (χ4v) is 4.38. The second-order valence-corrected chi connectivity index (χ2v) is 8.11. The minimum Gasteiger partial charge on any atom is -0.349 e. The monoisotopic (exact) mass is 341 g/mol. The highest BCUT2D eigenvalue weighted by Gasteiger charge is 2.33. The third-order valence-electron chi connectivity index (χ3n) is 5.13. The lowest BCUT2D eigenvalue weighted by molar-refractivity contribution is 0.0872. The molecule has 134 valence electrons. The molecule has 0 radical (unpaired) electrons. The molecule has 1 amide bonds. The molecule has 1 fully saturated rings. The molecule has 1 N–H and O–H groups in total. The first-order valence-corrected chi connectivity index (χ1v) is 9.10. The number of nitrogens with one attached hydrogen (secondary N) is 1. The summed E-state index contributed by atoms with van der Waals surface area (Å²) in [5.41, 5.74) is 0.777. The molecule has 0 unspecified atom stereocenters. The summed E-state index contributed by atoms with van der Waals surface area (Å²) in [6.45, 7) is 9.09. The van der Waals surface area contributed by atoms with Gasteiger partial charge in [0.05, 0.1) is 0 Å². The van der Waals surface area contributed by atoms with Crippen molar-refractivity contribution in [1.82, 2.24) is 14.9 Å². The predicted octanol–water partition coefficient (Wildman–Crippen LogP) is 3.36. The van der Waals surface area contributed by atoms with Crippen molar-refractivity contribution in [3.05, 3.63) is 40.3 Å². The van der Waals surface area contributed by atoms with Gasteiger partial charge in [-0.2, -0.15) is 0 Å².